The molecule has 1 atom stereocenters. The number of hydrogen-bond acceptors (Lipinski definition) is 5. The molecular formula is C22H26N2O5S. The number of esters is 1. The minimum absolute atomic E-state index is 0.00405. The number of aryl methyl sites for hydroxylation is 2. The van der Waals surface area contributed by atoms with E-state index in [-0.39, 0.29) is 22.5 Å². The number of rotatable bonds is 8. The molecule has 2 aromatic carbocycles. The van der Waals surface area contributed by atoms with Gasteiger partial charge in [0.25, 0.3) is 5.91 Å². The van der Waals surface area contributed by atoms with E-state index < -0.39 is 28.5 Å². The Labute approximate surface area is 176 Å². The Kier molecular flexibility index (Phi) is 6.58. The average molecular weight is 431 g/mol. The Balaban J connectivity index is 1.51. The Morgan fingerprint density at radius 2 is 1.73 bits per heavy atom. The van der Waals surface area contributed by atoms with Gasteiger partial charge in [-0.15, -0.1) is 0 Å². The molecule has 160 valence electrons. The van der Waals surface area contributed by atoms with Crippen LogP contribution in [0.2, 0.25) is 0 Å². The van der Waals surface area contributed by atoms with E-state index in [2.05, 4.69) is 10.0 Å². The Morgan fingerprint density at radius 1 is 1.07 bits per heavy atom. The largest absolute Gasteiger partial charge is 0.452 e. The fraction of sp³-hybridized carbons (Fsp3) is 0.364. The standard InChI is InChI=1S/C22H26N2O5S/c1-14-4-5-18(12-15(14)2)16(3)23-21(25)13-29-22(26)17-6-10-20(11-7-17)30(27,28)24-19-8-9-19/h4-7,10-12,16,19,24H,8-9,13H2,1-3H3,(H,23,25). The molecule has 0 heterocycles. The van der Waals surface area contributed by atoms with Crippen molar-refractivity contribution in [1.82, 2.24) is 10.0 Å². The summed E-state index contributed by atoms with van der Waals surface area (Å²) >= 11 is 0. The second-order valence-electron chi connectivity index (χ2n) is 7.63. The van der Waals surface area contributed by atoms with Crippen LogP contribution in [0.15, 0.2) is 47.4 Å². The van der Waals surface area contributed by atoms with Crippen molar-refractivity contribution in [1.29, 1.82) is 0 Å². The molecule has 8 heteroatoms. The number of hydrogen-bond donors (Lipinski definition) is 2. The molecule has 2 aromatic rings. The number of sulfonamides is 1. The molecule has 2 N–H and O–H groups in total. The van der Waals surface area contributed by atoms with Crippen LogP contribution in [0.5, 0.6) is 0 Å². The summed E-state index contributed by atoms with van der Waals surface area (Å²) in [5, 5.41) is 2.80. The summed E-state index contributed by atoms with van der Waals surface area (Å²) in [5.74, 6) is -1.11. The molecule has 1 aliphatic carbocycles. The zero-order chi connectivity index (χ0) is 21.9. The van der Waals surface area contributed by atoms with Crippen LogP contribution >= 0.6 is 0 Å². The molecule has 3 rings (SSSR count). The summed E-state index contributed by atoms with van der Waals surface area (Å²) in [4.78, 5) is 24.4. The van der Waals surface area contributed by atoms with Gasteiger partial charge in [-0.3, -0.25) is 4.79 Å². The molecule has 1 unspecified atom stereocenters. The van der Waals surface area contributed by atoms with Crippen LogP contribution in [0.1, 0.15) is 52.9 Å². The third kappa shape index (κ3) is 5.67. The highest BCUT2D eigenvalue weighted by Crippen LogP contribution is 2.22. The lowest BCUT2D eigenvalue weighted by atomic mass is 10.0. The van der Waals surface area contributed by atoms with E-state index in [9.17, 15) is 18.0 Å². The van der Waals surface area contributed by atoms with Crippen LogP contribution in [0.25, 0.3) is 0 Å². The zero-order valence-electron chi connectivity index (χ0n) is 17.3. The van der Waals surface area contributed by atoms with Crippen molar-refractivity contribution in [3.8, 4) is 0 Å². The van der Waals surface area contributed by atoms with Gasteiger partial charge in [0.2, 0.25) is 10.0 Å². The van der Waals surface area contributed by atoms with Crippen molar-refractivity contribution in [3.05, 3.63) is 64.7 Å². The van der Waals surface area contributed by atoms with Crippen LogP contribution in [0.3, 0.4) is 0 Å². The first-order chi connectivity index (χ1) is 14.2. The van der Waals surface area contributed by atoms with Gasteiger partial charge < -0.3 is 10.1 Å². The molecule has 0 aliphatic heterocycles. The van der Waals surface area contributed by atoms with Gasteiger partial charge in [-0.05, 0) is 74.6 Å². The van der Waals surface area contributed by atoms with Gasteiger partial charge >= 0.3 is 5.97 Å². The minimum Gasteiger partial charge on any atom is -0.452 e. The van der Waals surface area contributed by atoms with Gasteiger partial charge in [0.05, 0.1) is 16.5 Å². The summed E-state index contributed by atoms with van der Waals surface area (Å²) in [6.07, 6.45) is 1.68. The summed E-state index contributed by atoms with van der Waals surface area (Å²) < 4.78 is 31.9. The second kappa shape index (κ2) is 8.97. The first-order valence-electron chi connectivity index (χ1n) is 9.82. The molecule has 30 heavy (non-hydrogen) atoms. The third-order valence-corrected chi connectivity index (χ3v) is 6.58. The molecule has 0 bridgehead atoms. The highest BCUT2D eigenvalue weighted by molar-refractivity contribution is 7.89. The van der Waals surface area contributed by atoms with Gasteiger partial charge in [-0.25, -0.2) is 17.9 Å². The van der Waals surface area contributed by atoms with Gasteiger partial charge in [-0.2, -0.15) is 0 Å². The maximum Gasteiger partial charge on any atom is 0.338 e. The lowest BCUT2D eigenvalue weighted by molar-refractivity contribution is -0.124. The predicted molar refractivity (Wildman–Crippen MR) is 113 cm³/mol. The van der Waals surface area contributed by atoms with E-state index in [1.54, 1.807) is 0 Å². The zero-order valence-corrected chi connectivity index (χ0v) is 18.1. The molecule has 7 nitrogen and oxygen atoms in total. The average Bonchev–Trinajstić information content (AvgIpc) is 3.51. The van der Waals surface area contributed by atoms with Gasteiger partial charge in [0, 0.05) is 6.04 Å². The fourth-order valence-electron chi connectivity index (χ4n) is 2.87. The predicted octanol–water partition coefficient (Wildman–Crippen LogP) is 2.78. The smallest absolute Gasteiger partial charge is 0.338 e. The first kappa shape index (κ1) is 22.0. The molecule has 0 aromatic heterocycles. The SMILES string of the molecule is Cc1ccc(C(C)NC(=O)COC(=O)c2ccc(S(=O)(=O)NC3CC3)cc2)cc1C. The molecular weight excluding hydrogens is 404 g/mol. The van der Waals surface area contributed by atoms with Crippen molar-refractivity contribution in [3.63, 3.8) is 0 Å². The minimum atomic E-state index is -3.58. The number of benzene rings is 2. The molecule has 0 spiro atoms. The van der Waals surface area contributed by atoms with Crippen molar-refractivity contribution in [2.75, 3.05) is 6.61 Å². The Morgan fingerprint density at radius 3 is 2.33 bits per heavy atom. The number of amides is 1. The maximum absolute atomic E-state index is 12.2. The van der Waals surface area contributed by atoms with Crippen LogP contribution in [0.4, 0.5) is 0 Å². The lowest BCUT2D eigenvalue weighted by Gasteiger charge is -2.16. The maximum atomic E-state index is 12.2. The van der Waals surface area contributed by atoms with Gasteiger partial charge in [0.15, 0.2) is 6.61 Å². The molecule has 0 saturated heterocycles. The third-order valence-electron chi connectivity index (χ3n) is 5.04. The molecule has 1 saturated carbocycles. The van der Waals surface area contributed by atoms with E-state index in [0.717, 1.165) is 24.0 Å². The van der Waals surface area contributed by atoms with Crippen LogP contribution < -0.4 is 10.0 Å². The van der Waals surface area contributed by atoms with Crippen molar-refractivity contribution in [2.24, 2.45) is 0 Å². The normalized spacial score (nSPS) is 14.8. The Hall–Kier alpha value is -2.71. The molecule has 1 aliphatic rings. The highest BCUT2D eigenvalue weighted by Gasteiger charge is 2.28. The summed E-state index contributed by atoms with van der Waals surface area (Å²) in [6, 6.07) is 11.2. The Bertz CT molecular complexity index is 1040. The number of ether oxygens (including phenoxy) is 1. The van der Waals surface area contributed by atoms with Crippen LogP contribution in [0, 0.1) is 13.8 Å². The van der Waals surface area contributed by atoms with Gasteiger partial charge in [0.1, 0.15) is 0 Å². The van der Waals surface area contributed by atoms with Gasteiger partial charge in [-0.1, -0.05) is 18.2 Å². The molecule has 1 fully saturated rings. The summed E-state index contributed by atoms with van der Waals surface area (Å²) in [5.41, 5.74) is 3.45. The highest BCUT2D eigenvalue weighted by atomic mass is 32.2. The quantitative estimate of drug-likeness (QED) is 0.627. The summed E-state index contributed by atoms with van der Waals surface area (Å²) in [6.45, 7) is 5.47. The number of nitrogens with one attached hydrogen (secondary N) is 2. The molecule has 0 radical (unpaired) electrons. The van der Waals surface area contributed by atoms with E-state index in [0.29, 0.717) is 0 Å². The fourth-order valence-corrected chi connectivity index (χ4v) is 4.18. The summed E-state index contributed by atoms with van der Waals surface area (Å²) in [7, 11) is -3.58. The van der Waals surface area contributed by atoms with Crippen molar-refractivity contribution >= 4 is 21.9 Å². The van der Waals surface area contributed by atoms with E-state index >= 15 is 0 Å². The van der Waals surface area contributed by atoms with E-state index in [4.69, 9.17) is 4.74 Å². The lowest BCUT2D eigenvalue weighted by Crippen LogP contribution is -2.31. The van der Waals surface area contributed by atoms with Crippen molar-refractivity contribution in [2.45, 2.75) is 50.6 Å². The van der Waals surface area contributed by atoms with E-state index in [1.165, 1.54) is 29.8 Å². The van der Waals surface area contributed by atoms with E-state index in [1.807, 2.05) is 39.0 Å². The topological polar surface area (TPSA) is 102 Å². The number of carbonyl (C=O) groups is 2. The second-order valence-corrected chi connectivity index (χ2v) is 9.34. The monoisotopic (exact) mass is 430 g/mol. The molecule has 1 amide bonds. The van der Waals surface area contributed by atoms with Crippen molar-refractivity contribution < 1.29 is 22.7 Å². The van der Waals surface area contributed by atoms with Crippen LogP contribution in [-0.4, -0.2) is 32.9 Å². The first-order valence-corrected chi connectivity index (χ1v) is 11.3. The number of carbonyl (C=O) groups excluding carboxylic acids is 2. The van der Waals surface area contributed by atoms with Crippen LogP contribution in [-0.2, 0) is 19.6 Å².